The van der Waals surface area contributed by atoms with Gasteiger partial charge in [-0.05, 0) is 5.56 Å². The Balaban J connectivity index is 2.13. The van der Waals surface area contributed by atoms with Gasteiger partial charge in [-0.3, -0.25) is 4.79 Å². The van der Waals surface area contributed by atoms with Crippen LogP contribution in [0.1, 0.15) is 11.7 Å². The second-order valence-electron chi connectivity index (χ2n) is 3.05. The van der Waals surface area contributed by atoms with Gasteiger partial charge < -0.3 is 9.84 Å². The van der Waals surface area contributed by atoms with Gasteiger partial charge in [0.25, 0.3) is 0 Å². The quantitative estimate of drug-likeness (QED) is 0.724. The van der Waals surface area contributed by atoms with E-state index in [0.29, 0.717) is 0 Å². The molecule has 0 amide bonds. The molecular formula is C10H10O3. The SMILES string of the molecule is O=C1COC1[C@@H](O)c1ccccc1. The zero-order valence-corrected chi connectivity index (χ0v) is 7.01. The van der Waals surface area contributed by atoms with E-state index in [9.17, 15) is 9.90 Å². The molecule has 3 heteroatoms. The van der Waals surface area contributed by atoms with Crippen LogP contribution in [0.2, 0.25) is 0 Å². The Labute approximate surface area is 76.0 Å². The van der Waals surface area contributed by atoms with Crippen LogP contribution in [0, 0.1) is 0 Å². The molecule has 0 bridgehead atoms. The summed E-state index contributed by atoms with van der Waals surface area (Å²) in [7, 11) is 0. The van der Waals surface area contributed by atoms with Gasteiger partial charge in [-0.1, -0.05) is 30.3 Å². The van der Waals surface area contributed by atoms with E-state index in [2.05, 4.69) is 0 Å². The van der Waals surface area contributed by atoms with Crippen LogP contribution in [-0.2, 0) is 9.53 Å². The molecule has 1 fully saturated rings. The first-order valence-electron chi connectivity index (χ1n) is 4.16. The summed E-state index contributed by atoms with van der Waals surface area (Å²) in [5, 5.41) is 9.66. The molecule has 2 rings (SSSR count). The highest BCUT2D eigenvalue weighted by molar-refractivity contribution is 5.89. The number of aliphatic hydroxyl groups is 1. The number of rotatable bonds is 2. The minimum absolute atomic E-state index is 0.0312. The second-order valence-corrected chi connectivity index (χ2v) is 3.05. The van der Waals surface area contributed by atoms with Crippen LogP contribution in [0.4, 0.5) is 0 Å². The van der Waals surface area contributed by atoms with Crippen LogP contribution in [-0.4, -0.2) is 23.6 Å². The summed E-state index contributed by atoms with van der Waals surface area (Å²) in [5.74, 6) is -0.0312. The lowest BCUT2D eigenvalue weighted by Gasteiger charge is -2.29. The summed E-state index contributed by atoms with van der Waals surface area (Å²) in [6.45, 7) is 0.133. The van der Waals surface area contributed by atoms with Gasteiger partial charge in [-0.15, -0.1) is 0 Å². The minimum Gasteiger partial charge on any atom is -0.385 e. The molecule has 1 heterocycles. The highest BCUT2D eigenvalue weighted by Crippen LogP contribution is 2.24. The Morgan fingerprint density at radius 1 is 1.38 bits per heavy atom. The van der Waals surface area contributed by atoms with Crippen LogP contribution in [0.25, 0.3) is 0 Å². The third kappa shape index (κ3) is 1.48. The summed E-state index contributed by atoms with van der Waals surface area (Å²) in [5.41, 5.74) is 0.723. The molecule has 1 aromatic rings. The van der Waals surface area contributed by atoms with Gasteiger partial charge in [0.15, 0.2) is 5.78 Å². The summed E-state index contributed by atoms with van der Waals surface area (Å²) in [6.07, 6.45) is -1.47. The first-order chi connectivity index (χ1) is 6.29. The van der Waals surface area contributed by atoms with Crippen molar-refractivity contribution in [2.24, 2.45) is 0 Å². The zero-order chi connectivity index (χ0) is 9.26. The Bertz CT molecular complexity index is 307. The topological polar surface area (TPSA) is 46.5 Å². The molecule has 0 saturated carbocycles. The molecule has 1 N–H and O–H groups in total. The molecule has 2 atom stereocenters. The van der Waals surface area contributed by atoms with Gasteiger partial charge in [0.1, 0.15) is 18.8 Å². The lowest BCUT2D eigenvalue weighted by molar-refractivity contribution is -0.167. The lowest BCUT2D eigenvalue weighted by atomic mass is 9.99. The van der Waals surface area contributed by atoms with E-state index in [-0.39, 0.29) is 12.4 Å². The molecule has 0 aromatic heterocycles. The molecule has 68 valence electrons. The normalized spacial score (nSPS) is 23.8. The lowest BCUT2D eigenvalue weighted by Crippen LogP contribution is -2.44. The molecule has 0 spiro atoms. The number of hydrogen-bond acceptors (Lipinski definition) is 3. The van der Waals surface area contributed by atoms with Crippen LogP contribution in [0.5, 0.6) is 0 Å². The molecule has 1 unspecified atom stereocenters. The van der Waals surface area contributed by atoms with Crippen molar-refractivity contribution in [1.82, 2.24) is 0 Å². The fourth-order valence-electron chi connectivity index (χ4n) is 1.34. The Morgan fingerprint density at radius 3 is 2.54 bits per heavy atom. The summed E-state index contributed by atoms with van der Waals surface area (Å²) >= 11 is 0. The van der Waals surface area contributed by atoms with E-state index >= 15 is 0 Å². The van der Waals surface area contributed by atoms with E-state index < -0.39 is 12.2 Å². The maximum absolute atomic E-state index is 11.0. The van der Waals surface area contributed by atoms with E-state index in [4.69, 9.17) is 4.74 Å². The predicted octanol–water partition coefficient (Wildman–Crippen LogP) is 0.688. The maximum Gasteiger partial charge on any atom is 0.190 e. The Morgan fingerprint density at radius 2 is 2.08 bits per heavy atom. The Kier molecular flexibility index (Phi) is 2.12. The average molecular weight is 178 g/mol. The first-order valence-corrected chi connectivity index (χ1v) is 4.16. The van der Waals surface area contributed by atoms with Crippen molar-refractivity contribution in [3.63, 3.8) is 0 Å². The van der Waals surface area contributed by atoms with Gasteiger partial charge in [0, 0.05) is 0 Å². The standard InChI is InChI=1S/C10H10O3/c11-8-6-13-10(8)9(12)7-4-2-1-3-5-7/h1-5,9-10,12H,6H2/t9-,10?/m0/s1. The highest BCUT2D eigenvalue weighted by Gasteiger charge is 2.36. The van der Waals surface area contributed by atoms with Crippen molar-refractivity contribution in [2.75, 3.05) is 6.61 Å². The van der Waals surface area contributed by atoms with Crippen molar-refractivity contribution >= 4 is 5.78 Å². The van der Waals surface area contributed by atoms with Gasteiger partial charge in [-0.25, -0.2) is 0 Å². The van der Waals surface area contributed by atoms with E-state index in [1.165, 1.54) is 0 Å². The molecule has 0 aliphatic carbocycles. The molecule has 1 saturated heterocycles. The van der Waals surface area contributed by atoms with Crippen molar-refractivity contribution < 1.29 is 14.6 Å². The van der Waals surface area contributed by atoms with Crippen molar-refractivity contribution in [2.45, 2.75) is 12.2 Å². The minimum atomic E-state index is -0.817. The number of aliphatic hydroxyl groups excluding tert-OH is 1. The van der Waals surface area contributed by atoms with Gasteiger partial charge >= 0.3 is 0 Å². The Hall–Kier alpha value is -1.19. The molecular weight excluding hydrogens is 168 g/mol. The van der Waals surface area contributed by atoms with E-state index in [1.807, 2.05) is 18.2 Å². The summed E-state index contributed by atoms with van der Waals surface area (Å²) in [6, 6.07) is 9.06. The zero-order valence-electron chi connectivity index (χ0n) is 7.01. The van der Waals surface area contributed by atoms with Crippen molar-refractivity contribution in [3.8, 4) is 0 Å². The molecule has 1 aromatic carbocycles. The van der Waals surface area contributed by atoms with Crippen LogP contribution < -0.4 is 0 Å². The van der Waals surface area contributed by atoms with Gasteiger partial charge in [0.2, 0.25) is 0 Å². The number of ketones is 1. The molecule has 13 heavy (non-hydrogen) atoms. The number of hydrogen-bond donors (Lipinski definition) is 1. The fourth-order valence-corrected chi connectivity index (χ4v) is 1.34. The van der Waals surface area contributed by atoms with Crippen molar-refractivity contribution in [3.05, 3.63) is 35.9 Å². The molecule has 1 aliphatic heterocycles. The average Bonchev–Trinajstić information content (AvgIpc) is 2.17. The number of carbonyl (C=O) groups excluding carboxylic acids is 1. The van der Waals surface area contributed by atoms with Crippen molar-refractivity contribution in [1.29, 1.82) is 0 Å². The van der Waals surface area contributed by atoms with Crippen LogP contribution in [0.15, 0.2) is 30.3 Å². The van der Waals surface area contributed by atoms with Gasteiger partial charge in [0.05, 0.1) is 0 Å². The monoisotopic (exact) mass is 178 g/mol. The fraction of sp³-hybridized carbons (Fsp3) is 0.300. The summed E-state index contributed by atoms with van der Waals surface area (Å²) < 4.78 is 4.96. The number of ether oxygens (including phenoxy) is 1. The molecule has 3 nitrogen and oxygen atoms in total. The van der Waals surface area contributed by atoms with E-state index in [1.54, 1.807) is 12.1 Å². The third-order valence-corrected chi connectivity index (χ3v) is 2.15. The first kappa shape index (κ1) is 8.41. The summed E-state index contributed by atoms with van der Waals surface area (Å²) in [4.78, 5) is 11.0. The molecule has 1 aliphatic rings. The third-order valence-electron chi connectivity index (χ3n) is 2.15. The second kappa shape index (κ2) is 3.28. The number of Topliss-reactive ketones (excluding diaryl/α,β-unsaturated/α-hetero) is 1. The number of carbonyl (C=O) groups is 1. The number of benzene rings is 1. The smallest absolute Gasteiger partial charge is 0.190 e. The molecule has 0 radical (unpaired) electrons. The van der Waals surface area contributed by atoms with Gasteiger partial charge in [-0.2, -0.15) is 0 Å². The van der Waals surface area contributed by atoms with Crippen LogP contribution in [0.3, 0.4) is 0 Å². The highest BCUT2D eigenvalue weighted by atomic mass is 16.5. The predicted molar refractivity (Wildman–Crippen MR) is 46.1 cm³/mol. The largest absolute Gasteiger partial charge is 0.385 e. The maximum atomic E-state index is 11.0. The van der Waals surface area contributed by atoms with Crippen LogP contribution >= 0.6 is 0 Å². The van der Waals surface area contributed by atoms with E-state index in [0.717, 1.165) is 5.56 Å².